The molecule has 0 aliphatic carbocycles. The van der Waals surface area contributed by atoms with E-state index in [-0.39, 0.29) is 24.5 Å². The number of amides is 3. The predicted octanol–water partition coefficient (Wildman–Crippen LogP) is -1.69. The molecule has 0 saturated heterocycles. The van der Waals surface area contributed by atoms with Crippen molar-refractivity contribution in [2.75, 3.05) is 6.61 Å². The maximum Gasteiger partial charge on any atom is 0.328 e. The first-order valence-electron chi connectivity index (χ1n) is 10.9. The van der Waals surface area contributed by atoms with E-state index >= 15 is 0 Å². The molecular weight excluding hydrogens is 464 g/mol. The summed E-state index contributed by atoms with van der Waals surface area (Å²) >= 11 is 0. The first-order chi connectivity index (χ1) is 16.3. The molecule has 1 aromatic carbocycles. The number of rotatable bonds is 14. The lowest BCUT2D eigenvalue weighted by Crippen LogP contribution is -2.58. The first kappa shape index (κ1) is 29.3. The van der Waals surface area contributed by atoms with Gasteiger partial charge in [0.2, 0.25) is 17.7 Å². The third-order valence-electron chi connectivity index (χ3n) is 5.11. The van der Waals surface area contributed by atoms with Gasteiger partial charge in [-0.1, -0.05) is 26.0 Å². The van der Waals surface area contributed by atoms with Crippen LogP contribution < -0.4 is 21.7 Å². The third kappa shape index (κ3) is 9.98. The highest BCUT2D eigenvalue weighted by atomic mass is 16.4. The smallest absolute Gasteiger partial charge is 0.328 e. The van der Waals surface area contributed by atoms with E-state index in [1.165, 1.54) is 24.3 Å². The number of nitrogens with one attached hydrogen (secondary N) is 3. The van der Waals surface area contributed by atoms with Crippen LogP contribution in [0.1, 0.15) is 32.3 Å². The quantitative estimate of drug-likeness (QED) is 0.146. The van der Waals surface area contributed by atoms with Crippen molar-refractivity contribution in [2.45, 2.75) is 57.3 Å². The molecule has 1 aromatic rings. The Labute approximate surface area is 201 Å². The highest BCUT2D eigenvalue weighted by Gasteiger charge is 2.31. The molecule has 194 valence electrons. The van der Waals surface area contributed by atoms with Gasteiger partial charge in [-0.15, -0.1) is 0 Å². The van der Waals surface area contributed by atoms with Crippen LogP contribution in [-0.4, -0.2) is 80.9 Å². The van der Waals surface area contributed by atoms with Crippen LogP contribution in [0.2, 0.25) is 0 Å². The number of benzene rings is 1. The molecule has 0 heterocycles. The summed E-state index contributed by atoms with van der Waals surface area (Å²) in [5, 5.41) is 43.7. The SMILES string of the molecule is CC(C)C(N)C(=O)NC(CCC(=O)O)C(=O)NC(Cc1ccc(O)cc1)C(=O)NC(CO)C(=O)O. The number of carbonyl (C=O) groups is 5. The maximum atomic E-state index is 13.0. The van der Waals surface area contributed by atoms with Gasteiger partial charge in [0, 0.05) is 12.8 Å². The molecule has 1 rings (SSSR count). The molecule has 0 aliphatic rings. The Hall–Kier alpha value is -3.71. The summed E-state index contributed by atoms with van der Waals surface area (Å²) < 4.78 is 0. The standard InChI is InChI=1S/C22H32N4O9/c1-11(2)18(23)21(33)24-14(7-8-17(29)30)19(31)25-15(9-12-3-5-13(28)6-4-12)20(32)26-16(10-27)22(34)35/h3-6,11,14-16,18,27-28H,7-10,23H2,1-2H3,(H,24,33)(H,25,31)(H,26,32)(H,29,30)(H,34,35). The zero-order chi connectivity index (χ0) is 26.7. The zero-order valence-corrected chi connectivity index (χ0v) is 19.4. The fourth-order valence-corrected chi connectivity index (χ4v) is 2.91. The zero-order valence-electron chi connectivity index (χ0n) is 19.4. The highest BCUT2D eigenvalue weighted by Crippen LogP contribution is 2.12. The monoisotopic (exact) mass is 496 g/mol. The minimum Gasteiger partial charge on any atom is -0.508 e. The van der Waals surface area contributed by atoms with Gasteiger partial charge in [-0.2, -0.15) is 0 Å². The lowest BCUT2D eigenvalue weighted by molar-refractivity contribution is -0.143. The number of phenols is 1. The van der Waals surface area contributed by atoms with Crippen molar-refractivity contribution >= 4 is 29.7 Å². The van der Waals surface area contributed by atoms with Gasteiger partial charge in [-0.05, 0) is 30.0 Å². The van der Waals surface area contributed by atoms with Crippen molar-refractivity contribution in [2.24, 2.45) is 11.7 Å². The number of aliphatic hydroxyl groups excluding tert-OH is 1. The van der Waals surface area contributed by atoms with Crippen LogP contribution in [0.5, 0.6) is 5.75 Å². The van der Waals surface area contributed by atoms with Crippen molar-refractivity contribution in [3.8, 4) is 5.75 Å². The highest BCUT2D eigenvalue weighted by molar-refractivity contribution is 5.94. The number of hydrogen-bond acceptors (Lipinski definition) is 8. The summed E-state index contributed by atoms with van der Waals surface area (Å²) in [6.07, 6.45) is -0.893. The average molecular weight is 497 g/mol. The summed E-state index contributed by atoms with van der Waals surface area (Å²) in [6, 6.07) is 0.365. The van der Waals surface area contributed by atoms with Crippen LogP contribution in [0, 0.1) is 5.92 Å². The second-order valence-corrected chi connectivity index (χ2v) is 8.28. The van der Waals surface area contributed by atoms with Crippen LogP contribution in [0.4, 0.5) is 0 Å². The van der Waals surface area contributed by atoms with Crippen LogP contribution in [0.25, 0.3) is 0 Å². The fraction of sp³-hybridized carbons (Fsp3) is 0.500. The number of aliphatic carboxylic acids is 2. The summed E-state index contributed by atoms with van der Waals surface area (Å²) in [6.45, 7) is 2.48. The minimum atomic E-state index is -1.63. The molecule has 0 fully saturated rings. The maximum absolute atomic E-state index is 13.0. The van der Waals surface area contributed by atoms with E-state index in [4.69, 9.17) is 15.9 Å². The van der Waals surface area contributed by atoms with Gasteiger partial charge in [0.25, 0.3) is 0 Å². The molecule has 4 atom stereocenters. The number of phenolic OH excluding ortho intramolecular Hbond substituents is 1. The number of nitrogens with two attached hydrogens (primary N) is 1. The normalized spacial score (nSPS) is 14.3. The number of carbonyl (C=O) groups excluding carboxylic acids is 3. The molecule has 3 amide bonds. The third-order valence-corrected chi connectivity index (χ3v) is 5.11. The van der Waals surface area contributed by atoms with E-state index in [1.807, 2.05) is 0 Å². The number of aromatic hydroxyl groups is 1. The topological polar surface area (TPSA) is 228 Å². The number of aliphatic hydroxyl groups is 1. The second-order valence-electron chi connectivity index (χ2n) is 8.28. The first-order valence-corrected chi connectivity index (χ1v) is 10.9. The van der Waals surface area contributed by atoms with E-state index in [0.717, 1.165) is 0 Å². The van der Waals surface area contributed by atoms with Crippen molar-refractivity contribution in [3.63, 3.8) is 0 Å². The molecule has 9 N–H and O–H groups in total. The Morgan fingerprint density at radius 3 is 1.86 bits per heavy atom. The van der Waals surface area contributed by atoms with E-state index in [9.17, 15) is 34.2 Å². The van der Waals surface area contributed by atoms with Crippen LogP contribution in [0.3, 0.4) is 0 Å². The van der Waals surface area contributed by atoms with Crippen LogP contribution >= 0.6 is 0 Å². The van der Waals surface area contributed by atoms with E-state index < -0.39 is 66.9 Å². The van der Waals surface area contributed by atoms with Gasteiger partial charge < -0.3 is 42.1 Å². The Balaban J connectivity index is 3.15. The molecule has 35 heavy (non-hydrogen) atoms. The van der Waals surface area contributed by atoms with E-state index in [2.05, 4.69) is 16.0 Å². The van der Waals surface area contributed by atoms with Gasteiger partial charge >= 0.3 is 11.9 Å². The van der Waals surface area contributed by atoms with Gasteiger partial charge in [-0.25, -0.2) is 4.79 Å². The summed E-state index contributed by atoms with van der Waals surface area (Å²) in [4.78, 5) is 60.4. The molecule has 13 nitrogen and oxygen atoms in total. The molecule has 0 spiro atoms. The Bertz CT molecular complexity index is 905. The van der Waals surface area contributed by atoms with Crippen molar-refractivity contribution < 1.29 is 44.4 Å². The van der Waals surface area contributed by atoms with Crippen molar-refractivity contribution in [3.05, 3.63) is 29.8 Å². The van der Waals surface area contributed by atoms with Gasteiger partial charge in [0.1, 0.15) is 23.9 Å². The van der Waals surface area contributed by atoms with E-state index in [1.54, 1.807) is 13.8 Å². The van der Waals surface area contributed by atoms with Crippen LogP contribution in [0.15, 0.2) is 24.3 Å². The Morgan fingerprint density at radius 2 is 1.37 bits per heavy atom. The number of hydrogen-bond donors (Lipinski definition) is 8. The summed E-state index contributed by atoms with van der Waals surface area (Å²) in [5.74, 6) is -5.52. The lowest BCUT2D eigenvalue weighted by atomic mass is 10.0. The average Bonchev–Trinajstić information content (AvgIpc) is 2.79. The molecule has 0 saturated carbocycles. The largest absolute Gasteiger partial charge is 0.508 e. The van der Waals surface area contributed by atoms with Gasteiger partial charge in [0.15, 0.2) is 0 Å². The Kier molecular flexibility index (Phi) is 11.6. The van der Waals surface area contributed by atoms with E-state index in [0.29, 0.717) is 5.56 Å². The van der Waals surface area contributed by atoms with Crippen molar-refractivity contribution in [1.82, 2.24) is 16.0 Å². The molecule has 0 bridgehead atoms. The molecule has 0 aromatic heterocycles. The summed E-state index contributed by atoms with van der Waals surface area (Å²) in [5.41, 5.74) is 6.30. The predicted molar refractivity (Wildman–Crippen MR) is 122 cm³/mol. The number of carboxylic acids is 2. The fourth-order valence-electron chi connectivity index (χ4n) is 2.91. The molecular formula is C22H32N4O9. The van der Waals surface area contributed by atoms with Crippen molar-refractivity contribution in [1.29, 1.82) is 0 Å². The molecule has 13 heteroatoms. The lowest BCUT2D eigenvalue weighted by Gasteiger charge is -2.25. The molecule has 4 unspecified atom stereocenters. The van der Waals surface area contributed by atoms with Gasteiger partial charge in [0.05, 0.1) is 12.6 Å². The molecule has 0 radical (unpaired) electrons. The Morgan fingerprint density at radius 1 is 0.857 bits per heavy atom. The second kappa shape index (κ2) is 13.9. The minimum absolute atomic E-state index is 0.0389. The van der Waals surface area contributed by atoms with Gasteiger partial charge in [-0.3, -0.25) is 19.2 Å². The number of carboxylic acid groups (broad SMARTS) is 2. The molecule has 0 aliphatic heterocycles. The summed E-state index contributed by atoms with van der Waals surface area (Å²) in [7, 11) is 0. The van der Waals surface area contributed by atoms with Crippen LogP contribution in [-0.2, 0) is 30.4 Å².